The van der Waals surface area contributed by atoms with Gasteiger partial charge in [0.1, 0.15) is 5.82 Å². The topological polar surface area (TPSA) is 20.2 Å². The lowest BCUT2D eigenvalue weighted by Gasteiger charge is -2.16. The predicted molar refractivity (Wildman–Crippen MR) is 75.7 cm³/mol. The van der Waals surface area contributed by atoms with E-state index in [2.05, 4.69) is 13.0 Å². The Labute approximate surface area is 113 Å². The van der Waals surface area contributed by atoms with Crippen LogP contribution in [0.5, 0.6) is 0 Å². The maximum atomic E-state index is 13.1. The van der Waals surface area contributed by atoms with E-state index in [0.29, 0.717) is 6.42 Å². The van der Waals surface area contributed by atoms with Crippen molar-refractivity contribution in [2.45, 2.75) is 33.3 Å². The summed E-state index contributed by atoms with van der Waals surface area (Å²) in [4.78, 5) is 0. The zero-order chi connectivity index (χ0) is 14.0. The SMILES string of the molecule is Cc1cc(C)c(C(O)Cc2cccc(F)c2)cc1C. The fraction of sp³-hybridized carbons (Fsp3) is 0.294. The molecule has 0 amide bonds. The molecule has 0 aliphatic heterocycles. The standard InChI is InChI=1S/C17H19FO/c1-11-7-13(3)16(8-12(11)2)17(19)10-14-5-4-6-15(18)9-14/h4-9,17,19H,10H2,1-3H3. The molecule has 0 fully saturated rings. The minimum atomic E-state index is -0.596. The molecular formula is C17H19FO. The summed E-state index contributed by atoms with van der Waals surface area (Å²) in [5, 5.41) is 10.3. The van der Waals surface area contributed by atoms with Crippen molar-refractivity contribution in [3.05, 3.63) is 70.0 Å². The first-order chi connectivity index (χ1) is 8.97. The lowest BCUT2D eigenvalue weighted by atomic mass is 9.94. The molecule has 1 nitrogen and oxygen atoms in total. The molecule has 1 atom stereocenters. The highest BCUT2D eigenvalue weighted by Crippen LogP contribution is 2.24. The van der Waals surface area contributed by atoms with Crippen molar-refractivity contribution < 1.29 is 9.50 Å². The van der Waals surface area contributed by atoms with Crippen molar-refractivity contribution in [2.75, 3.05) is 0 Å². The van der Waals surface area contributed by atoms with Crippen LogP contribution in [0, 0.1) is 26.6 Å². The van der Waals surface area contributed by atoms with Crippen LogP contribution in [-0.4, -0.2) is 5.11 Å². The molecule has 0 heterocycles. The van der Waals surface area contributed by atoms with Gasteiger partial charge in [0.05, 0.1) is 6.10 Å². The summed E-state index contributed by atoms with van der Waals surface area (Å²) in [6.45, 7) is 6.09. The van der Waals surface area contributed by atoms with Crippen LogP contribution in [0.25, 0.3) is 0 Å². The van der Waals surface area contributed by atoms with Crippen LogP contribution in [0.2, 0.25) is 0 Å². The summed E-state index contributed by atoms with van der Waals surface area (Å²) in [6, 6.07) is 10.5. The number of benzene rings is 2. The number of aliphatic hydroxyl groups is 1. The molecule has 2 aromatic carbocycles. The van der Waals surface area contributed by atoms with E-state index >= 15 is 0 Å². The molecule has 0 bridgehead atoms. The molecule has 100 valence electrons. The first-order valence-electron chi connectivity index (χ1n) is 6.47. The van der Waals surface area contributed by atoms with Gasteiger partial charge in [-0.15, -0.1) is 0 Å². The molecule has 0 saturated carbocycles. The zero-order valence-electron chi connectivity index (χ0n) is 11.6. The van der Waals surface area contributed by atoms with Crippen LogP contribution in [0.4, 0.5) is 4.39 Å². The maximum Gasteiger partial charge on any atom is 0.123 e. The second-order valence-corrected chi connectivity index (χ2v) is 5.14. The Morgan fingerprint density at radius 2 is 1.68 bits per heavy atom. The Hall–Kier alpha value is -1.67. The van der Waals surface area contributed by atoms with E-state index in [9.17, 15) is 9.50 Å². The van der Waals surface area contributed by atoms with Crippen LogP contribution < -0.4 is 0 Å². The summed E-state index contributed by atoms with van der Waals surface area (Å²) in [5.41, 5.74) is 5.20. The Morgan fingerprint density at radius 1 is 1.00 bits per heavy atom. The van der Waals surface area contributed by atoms with E-state index in [0.717, 1.165) is 16.7 Å². The third-order valence-electron chi connectivity index (χ3n) is 3.56. The van der Waals surface area contributed by atoms with Crippen LogP contribution >= 0.6 is 0 Å². The van der Waals surface area contributed by atoms with Gasteiger partial charge in [-0.1, -0.05) is 24.3 Å². The van der Waals surface area contributed by atoms with E-state index in [4.69, 9.17) is 0 Å². The van der Waals surface area contributed by atoms with E-state index in [1.54, 1.807) is 6.07 Å². The Morgan fingerprint density at radius 3 is 2.37 bits per heavy atom. The molecule has 1 unspecified atom stereocenters. The third kappa shape index (κ3) is 3.21. The van der Waals surface area contributed by atoms with E-state index in [1.807, 2.05) is 26.0 Å². The fourth-order valence-electron chi connectivity index (χ4n) is 2.34. The number of rotatable bonds is 3. The lowest BCUT2D eigenvalue weighted by Crippen LogP contribution is -2.05. The molecule has 0 aromatic heterocycles. The second-order valence-electron chi connectivity index (χ2n) is 5.14. The van der Waals surface area contributed by atoms with Crippen molar-refractivity contribution in [3.63, 3.8) is 0 Å². The van der Waals surface area contributed by atoms with Crippen molar-refractivity contribution in [3.8, 4) is 0 Å². The van der Waals surface area contributed by atoms with Crippen LogP contribution in [0.15, 0.2) is 36.4 Å². The molecule has 2 heteroatoms. The molecule has 2 aromatic rings. The van der Waals surface area contributed by atoms with Gasteiger partial charge in [-0.3, -0.25) is 0 Å². The highest BCUT2D eigenvalue weighted by atomic mass is 19.1. The first kappa shape index (κ1) is 13.8. The Kier molecular flexibility index (Phi) is 4.01. The Balaban J connectivity index is 2.25. The van der Waals surface area contributed by atoms with Gasteiger partial charge in [0.2, 0.25) is 0 Å². The number of hydrogen-bond acceptors (Lipinski definition) is 1. The molecule has 0 spiro atoms. The molecule has 2 rings (SSSR count). The maximum absolute atomic E-state index is 13.1. The van der Waals surface area contributed by atoms with Gasteiger partial charge in [-0.2, -0.15) is 0 Å². The number of aliphatic hydroxyl groups excluding tert-OH is 1. The van der Waals surface area contributed by atoms with Crippen molar-refractivity contribution in [1.29, 1.82) is 0 Å². The number of hydrogen-bond donors (Lipinski definition) is 1. The van der Waals surface area contributed by atoms with Gasteiger partial charge in [-0.05, 0) is 60.7 Å². The smallest absolute Gasteiger partial charge is 0.123 e. The van der Waals surface area contributed by atoms with E-state index < -0.39 is 6.10 Å². The van der Waals surface area contributed by atoms with Gasteiger partial charge in [0.25, 0.3) is 0 Å². The summed E-state index contributed by atoms with van der Waals surface area (Å²) in [7, 11) is 0. The van der Waals surface area contributed by atoms with E-state index in [1.165, 1.54) is 23.3 Å². The van der Waals surface area contributed by atoms with Crippen molar-refractivity contribution in [2.24, 2.45) is 0 Å². The summed E-state index contributed by atoms with van der Waals surface area (Å²) >= 11 is 0. The van der Waals surface area contributed by atoms with Crippen molar-refractivity contribution >= 4 is 0 Å². The molecule has 19 heavy (non-hydrogen) atoms. The number of halogens is 1. The second kappa shape index (κ2) is 5.54. The van der Waals surface area contributed by atoms with Crippen LogP contribution in [0.3, 0.4) is 0 Å². The summed E-state index contributed by atoms with van der Waals surface area (Å²) < 4.78 is 13.1. The summed E-state index contributed by atoms with van der Waals surface area (Å²) in [6.07, 6.45) is -0.165. The van der Waals surface area contributed by atoms with Gasteiger partial charge in [0, 0.05) is 6.42 Å². The van der Waals surface area contributed by atoms with Gasteiger partial charge in [-0.25, -0.2) is 4.39 Å². The monoisotopic (exact) mass is 258 g/mol. The minimum absolute atomic E-state index is 0.262. The minimum Gasteiger partial charge on any atom is -0.388 e. The van der Waals surface area contributed by atoms with Crippen LogP contribution in [0.1, 0.15) is 33.9 Å². The number of aryl methyl sites for hydroxylation is 3. The molecular weight excluding hydrogens is 239 g/mol. The van der Waals surface area contributed by atoms with Crippen molar-refractivity contribution in [1.82, 2.24) is 0 Å². The average Bonchev–Trinajstić information content (AvgIpc) is 2.33. The largest absolute Gasteiger partial charge is 0.388 e. The quantitative estimate of drug-likeness (QED) is 0.881. The Bertz CT molecular complexity index is 590. The molecule has 0 aliphatic rings. The average molecular weight is 258 g/mol. The zero-order valence-corrected chi connectivity index (χ0v) is 11.6. The van der Waals surface area contributed by atoms with Gasteiger partial charge < -0.3 is 5.11 Å². The van der Waals surface area contributed by atoms with Gasteiger partial charge >= 0.3 is 0 Å². The molecule has 1 N–H and O–H groups in total. The van der Waals surface area contributed by atoms with Crippen LogP contribution in [-0.2, 0) is 6.42 Å². The molecule has 0 saturated heterocycles. The molecule has 0 aliphatic carbocycles. The molecule has 0 radical (unpaired) electrons. The third-order valence-corrected chi connectivity index (χ3v) is 3.56. The highest BCUT2D eigenvalue weighted by Gasteiger charge is 2.13. The summed E-state index contributed by atoms with van der Waals surface area (Å²) in [5.74, 6) is -0.262. The van der Waals surface area contributed by atoms with E-state index in [-0.39, 0.29) is 5.82 Å². The predicted octanol–water partition coefficient (Wildman–Crippen LogP) is 4.03. The normalized spacial score (nSPS) is 12.5. The van der Waals surface area contributed by atoms with Gasteiger partial charge in [0.15, 0.2) is 0 Å². The first-order valence-corrected chi connectivity index (χ1v) is 6.47. The lowest BCUT2D eigenvalue weighted by molar-refractivity contribution is 0.177. The highest BCUT2D eigenvalue weighted by molar-refractivity contribution is 5.38. The fourth-order valence-corrected chi connectivity index (χ4v) is 2.34.